The van der Waals surface area contributed by atoms with Crippen LogP contribution in [0.2, 0.25) is 0 Å². The standard InChI is InChI=1S/C12H11Br2N3O/c13-8-1-2-10(11(14)5-8)12(18)16-4-3-9-6-15-7-17-9/h1-2,5-7H,3-4H2,(H,15,17)(H,16,18). The highest BCUT2D eigenvalue weighted by Crippen LogP contribution is 2.21. The maximum atomic E-state index is 11.9. The molecule has 0 spiro atoms. The number of amides is 1. The maximum absolute atomic E-state index is 11.9. The van der Waals surface area contributed by atoms with Crippen molar-refractivity contribution in [1.29, 1.82) is 0 Å². The van der Waals surface area contributed by atoms with Crippen LogP contribution in [-0.2, 0) is 6.42 Å². The largest absolute Gasteiger partial charge is 0.352 e. The van der Waals surface area contributed by atoms with Gasteiger partial charge in [0.1, 0.15) is 0 Å². The molecule has 0 aliphatic heterocycles. The van der Waals surface area contributed by atoms with E-state index in [0.717, 1.165) is 21.1 Å². The number of nitrogens with zero attached hydrogens (tertiary/aromatic N) is 1. The highest BCUT2D eigenvalue weighted by molar-refractivity contribution is 9.11. The summed E-state index contributed by atoms with van der Waals surface area (Å²) >= 11 is 6.72. The third-order valence-electron chi connectivity index (χ3n) is 2.41. The number of imidazole rings is 1. The fourth-order valence-corrected chi connectivity index (χ4v) is 2.73. The molecule has 0 aliphatic carbocycles. The Hall–Kier alpha value is -1.14. The molecule has 0 atom stereocenters. The molecular formula is C12H11Br2N3O. The number of rotatable bonds is 4. The van der Waals surface area contributed by atoms with Crippen molar-refractivity contribution < 1.29 is 4.79 Å². The lowest BCUT2D eigenvalue weighted by Gasteiger charge is -2.06. The number of hydrogen-bond acceptors (Lipinski definition) is 2. The summed E-state index contributed by atoms with van der Waals surface area (Å²) in [6.45, 7) is 0.573. The molecule has 1 amide bonds. The van der Waals surface area contributed by atoms with Gasteiger partial charge in [-0.3, -0.25) is 4.79 Å². The number of halogens is 2. The average Bonchev–Trinajstić information content (AvgIpc) is 2.81. The van der Waals surface area contributed by atoms with E-state index in [0.29, 0.717) is 12.1 Å². The Balaban J connectivity index is 1.91. The topological polar surface area (TPSA) is 57.8 Å². The van der Waals surface area contributed by atoms with Crippen LogP contribution in [0.15, 0.2) is 39.7 Å². The molecule has 2 aromatic rings. The third kappa shape index (κ3) is 3.43. The van der Waals surface area contributed by atoms with Gasteiger partial charge >= 0.3 is 0 Å². The minimum absolute atomic E-state index is 0.0890. The van der Waals surface area contributed by atoms with Crippen molar-refractivity contribution >= 4 is 37.8 Å². The summed E-state index contributed by atoms with van der Waals surface area (Å²) in [6, 6.07) is 5.47. The lowest BCUT2D eigenvalue weighted by molar-refractivity contribution is 0.0953. The quantitative estimate of drug-likeness (QED) is 0.866. The first-order valence-corrected chi connectivity index (χ1v) is 6.96. The summed E-state index contributed by atoms with van der Waals surface area (Å²) in [4.78, 5) is 18.8. The number of H-pyrrole nitrogens is 1. The molecule has 2 rings (SSSR count). The van der Waals surface area contributed by atoms with Gasteiger partial charge in [-0.25, -0.2) is 4.98 Å². The summed E-state index contributed by atoms with van der Waals surface area (Å²) in [5, 5.41) is 2.87. The van der Waals surface area contributed by atoms with Gasteiger partial charge in [-0.15, -0.1) is 0 Å². The molecule has 1 aromatic carbocycles. The Morgan fingerprint density at radius 2 is 2.22 bits per heavy atom. The molecule has 0 saturated heterocycles. The molecule has 18 heavy (non-hydrogen) atoms. The Labute approximate surface area is 121 Å². The van der Waals surface area contributed by atoms with E-state index in [4.69, 9.17) is 0 Å². The number of aromatic nitrogens is 2. The minimum atomic E-state index is -0.0890. The van der Waals surface area contributed by atoms with Gasteiger partial charge in [0.15, 0.2) is 0 Å². The Bertz CT molecular complexity index is 540. The minimum Gasteiger partial charge on any atom is -0.352 e. The Morgan fingerprint density at radius 3 is 2.89 bits per heavy atom. The van der Waals surface area contributed by atoms with Gasteiger partial charge in [-0.2, -0.15) is 0 Å². The van der Waals surface area contributed by atoms with Crippen LogP contribution in [0.3, 0.4) is 0 Å². The van der Waals surface area contributed by atoms with E-state index in [1.165, 1.54) is 0 Å². The first-order chi connectivity index (χ1) is 8.66. The van der Waals surface area contributed by atoms with Crippen molar-refractivity contribution in [3.63, 3.8) is 0 Å². The SMILES string of the molecule is O=C(NCCc1cnc[nH]1)c1ccc(Br)cc1Br. The predicted molar refractivity (Wildman–Crippen MR) is 76.5 cm³/mol. The van der Waals surface area contributed by atoms with Crippen molar-refractivity contribution in [2.24, 2.45) is 0 Å². The molecule has 0 radical (unpaired) electrons. The van der Waals surface area contributed by atoms with Gasteiger partial charge in [-0.1, -0.05) is 15.9 Å². The molecule has 6 heteroatoms. The number of hydrogen-bond donors (Lipinski definition) is 2. The van der Waals surface area contributed by atoms with E-state index >= 15 is 0 Å². The molecule has 4 nitrogen and oxygen atoms in total. The highest BCUT2D eigenvalue weighted by Gasteiger charge is 2.09. The Kier molecular flexibility index (Phi) is 4.54. The maximum Gasteiger partial charge on any atom is 0.252 e. The summed E-state index contributed by atoms with van der Waals surface area (Å²) < 4.78 is 1.71. The molecule has 0 saturated carbocycles. The summed E-state index contributed by atoms with van der Waals surface area (Å²) in [5.74, 6) is -0.0890. The van der Waals surface area contributed by atoms with E-state index in [9.17, 15) is 4.79 Å². The monoisotopic (exact) mass is 371 g/mol. The highest BCUT2D eigenvalue weighted by atomic mass is 79.9. The van der Waals surface area contributed by atoms with Crippen molar-refractivity contribution in [1.82, 2.24) is 15.3 Å². The van der Waals surface area contributed by atoms with Crippen LogP contribution in [0, 0.1) is 0 Å². The van der Waals surface area contributed by atoms with E-state index in [1.54, 1.807) is 18.6 Å². The molecule has 2 N–H and O–H groups in total. The first kappa shape index (κ1) is 13.3. The molecule has 0 unspecified atom stereocenters. The number of benzene rings is 1. The zero-order chi connectivity index (χ0) is 13.0. The lowest BCUT2D eigenvalue weighted by Crippen LogP contribution is -2.26. The van der Waals surface area contributed by atoms with Gasteiger partial charge in [0.2, 0.25) is 0 Å². The van der Waals surface area contributed by atoms with E-state index < -0.39 is 0 Å². The van der Waals surface area contributed by atoms with Crippen molar-refractivity contribution in [3.8, 4) is 0 Å². The van der Waals surface area contributed by atoms with Crippen LogP contribution >= 0.6 is 31.9 Å². The molecule has 1 heterocycles. The van der Waals surface area contributed by atoms with Gasteiger partial charge < -0.3 is 10.3 Å². The second-order valence-electron chi connectivity index (χ2n) is 3.71. The van der Waals surface area contributed by atoms with E-state index in [1.807, 2.05) is 12.1 Å². The zero-order valence-electron chi connectivity index (χ0n) is 9.41. The predicted octanol–water partition coefficient (Wildman–Crippen LogP) is 2.91. The fraction of sp³-hybridized carbons (Fsp3) is 0.167. The molecule has 0 aliphatic rings. The summed E-state index contributed by atoms with van der Waals surface area (Å²) in [5.41, 5.74) is 1.63. The third-order valence-corrected chi connectivity index (χ3v) is 3.56. The normalized spacial score (nSPS) is 10.3. The number of nitrogens with one attached hydrogen (secondary N) is 2. The lowest BCUT2D eigenvalue weighted by atomic mass is 10.2. The van der Waals surface area contributed by atoms with Crippen LogP contribution in [0.5, 0.6) is 0 Å². The van der Waals surface area contributed by atoms with E-state index in [-0.39, 0.29) is 5.91 Å². The Morgan fingerprint density at radius 1 is 1.39 bits per heavy atom. The zero-order valence-corrected chi connectivity index (χ0v) is 12.6. The second kappa shape index (κ2) is 6.15. The summed E-state index contributed by atoms with van der Waals surface area (Å²) in [6.07, 6.45) is 4.12. The van der Waals surface area contributed by atoms with Crippen molar-refractivity contribution in [2.75, 3.05) is 6.54 Å². The second-order valence-corrected chi connectivity index (χ2v) is 5.48. The fourth-order valence-electron chi connectivity index (χ4n) is 1.50. The van der Waals surface area contributed by atoms with Crippen LogP contribution in [0.1, 0.15) is 16.1 Å². The van der Waals surface area contributed by atoms with Crippen LogP contribution in [0.25, 0.3) is 0 Å². The van der Waals surface area contributed by atoms with Crippen LogP contribution in [0.4, 0.5) is 0 Å². The van der Waals surface area contributed by atoms with Gasteiger partial charge in [0, 0.05) is 33.8 Å². The van der Waals surface area contributed by atoms with Crippen LogP contribution in [-0.4, -0.2) is 22.4 Å². The van der Waals surface area contributed by atoms with Gasteiger partial charge in [0.25, 0.3) is 5.91 Å². The number of carbonyl (C=O) groups is 1. The molecule has 94 valence electrons. The molecular weight excluding hydrogens is 362 g/mol. The van der Waals surface area contributed by atoms with E-state index in [2.05, 4.69) is 47.1 Å². The summed E-state index contributed by atoms with van der Waals surface area (Å²) in [7, 11) is 0. The van der Waals surface area contributed by atoms with Gasteiger partial charge in [-0.05, 0) is 34.1 Å². The van der Waals surface area contributed by atoms with Crippen molar-refractivity contribution in [3.05, 3.63) is 50.9 Å². The van der Waals surface area contributed by atoms with Crippen molar-refractivity contribution in [2.45, 2.75) is 6.42 Å². The van der Waals surface area contributed by atoms with Gasteiger partial charge in [0.05, 0.1) is 11.9 Å². The molecule has 1 aromatic heterocycles. The smallest absolute Gasteiger partial charge is 0.252 e. The molecule has 0 bridgehead atoms. The number of aromatic amines is 1. The average molecular weight is 373 g/mol. The first-order valence-electron chi connectivity index (χ1n) is 5.37. The molecule has 0 fully saturated rings. The van der Waals surface area contributed by atoms with Crippen LogP contribution < -0.4 is 5.32 Å². The number of carbonyl (C=O) groups excluding carboxylic acids is 1.